The smallest absolute Gasteiger partial charge is 0.570 e. The van der Waals surface area contributed by atoms with Crippen molar-refractivity contribution in [3.63, 3.8) is 0 Å². The second kappa shape index (κ2) is 15.3. The van der Waals surface area contributed by atoms with E-state index in [1.54, 1.807) is 38.8 Å². The number of carbonyl (C=O) groups is 3. The maximum Gasteiger partial charge on any atom is 2.00 e. The first-order valence-electron chi connectivity index (χ1n) is 11.3. The molecule has 3 N–H and O–H groups in total. The van der Waals surface area contributed by atoms with Crippen LogP contribution in [0.1, 0.15) is 48.9 Å². The molecule has 202 valence electrons. The summed E-state index contributed by atoms with van der Waals surface area (Å²) in [7, 11) is 2.94. The molecule has 0 bridgehead atoms. The van der Waals surface area contributed by atoms with Crippen LogP contribution in [-0.4, -0.2) is 96.5 Å². The Morgan fingerprint density at radius 2 is 2.00 bits per heavy atom. The molecule has 1 unspecified atom stereocenters. The Morgan fingerprint density at radius 1 is 1.27 bits per heavy atom. The molecule has 2 heterocycles. The number of ether oxygens (including phenoxy) is 3. The van der Waals surface area contributed by atoms with Crippen molar-refractivity contribution >= 4 is 24.2 Å². The molecule has 2 amide bonds. The fourth-order valence-corrected chi connectivity index (χ4v) is 3.12. The van der Waals surface area contributed by atoms with E-state index in [0.717, 1.165) is 6.42 Å². The Balaban J connectivity index is 0.00000684. The summed E-state index contributed by atoms with van der Waals surface area (Å²) in [5.74, 6) is -1.43. The van der Waals surface area contributed by atoms with Crippen LogP contribution in [-0.2, 0) is 46.5 Å². The molecule has 0 saturated carbocycles. The van der Waals surface area contributed by atoms with Crippen LogP contribution in [0.2, 0.25) is 0 Å². The van der Waals surface area contributed by atoms with Gasteiger partial charge in [0, 0.05) is 26.7 Å². The standard InChI is InChI=1S/C23H32N6O7.W/c1-23(2,3)36-22(33)25-8-6-15-10-17(21(32)29-9-7-16(14-29)34-4)27-28-18(15)11-26-19(35-5)12-24-13-20(30)31;/h10,16,24H,6-9,13-14H2,1-5H3,(H,25,33)(H,30,31);/q-2;+2. The second-order valence-electron chi connectivity index (χ2n) is 8.78. The van der Waals surface area contributed by atoms with Crippen molar-refractivity contribution in [3.8, 4) is 0 Å². The quantitative estimate of drug-likeness (QED) is 0.130. The maximum atomic E-state index is 12.9. The predicted molar refractivity (Wildman–Crippen MR) is 127 cm³/mol. The average Bonchev–Trinajstić information content (AvgIpc) is 3.29. The van der Waals surface area contributed by atoms with Gasteiger partial charge in [-0.1, -0.05) is 24.6 Å². The average molecular weight is 688 g/mol. The molecule has 0 aromatic carbocycles. The number of aliphatic imine (C=N–C) groups is 1. The number of carbonyl (C=O) groups excluding carboxylic acids is 2. The summed E-state index contributed by atoms with van der Waals surface area (Å²) in [5.41, 5.74) is 0.256. The number of likely N-dealkylation sites (tertiary alicyclic amines) is 1. The zero-order valence-electron chi connectivity index (χ0n) is 21.5. The Bertz CT molecular complexity index is 996. The number of nitrogens with zero attached hydrogens (tertiary/aromatic N) is 4. The number of amides is 2. The molecule has 37 heavy (non-hydrogen) atoms. The molecule has 1 saturated heterocycles. The van der Waals surface area contributed by atoms with E-state index in [2.05, 4.69) is 38.2 Å². The van der Waals surface area contributed by atoms with Crippen molar-refractivity contribution in [2.45, 2.75) is 45.3 Å². The summed E-state index contributed by atoms with van der Waals surface area (Å²) in [6, 6.07) is 1.58. The Morgan fingerprint density at radius 3 is 2.59 bits per heavy atom. The molecule has 2 rings (SSSR count). The van der Waals surface area contributed by atoms with Crippen molar-refractivity contribution < 1.29 is 54.8 Å². The summed E-state index contributed by atoms with van der Waals surface area (Å²) in [5, 5.41) is 21.9. The molecule has 1 aliphatic rings. The minimum Gasteiger partial charge on any atom is -0.570 e. The first kappa shape index (κ1) is 32.0. The fourth-order valence-electron chi connectivity index (χ4n) is 3.12. The van der Waals surface area contributed by atoms with Crippen LogP contribution in [0.15, 0.2) is 16.9 Å². The molecule has 0 spiro atoms. The summed E-state index contributed by atoms with van der Waals surface area (Å²) in [6.45, 7) is 6.11. The van der Waals surface area contributed by atoms with E-state index in [-0.39, 0.29) is 69.9 Å². The van der Waals surface area contributed by atoms with Gasteiger partial charge in [-0.05, 0) is 32.9 Å². The van der Waals surface area contributed by atoms with Crippen molar-refractivity contribution in [1.29, 1.82) is 0 Å². The van der Waals surface area contributed by atoms with Crippen LogP contribution < -0.4 is 10.6 Å². The van der Waals surface area contributed by atoms with Crippen LogP contribution in [0.25, 0.3) is 0 Å². The molecule has 14 heteroatoms. The van der Waals surface area contributed by atoms with Gasteiger partial charge in [-0.3, -0.25) is 9.59 Å². The van der Waals surface area contributed by atoms with Crippen LogP contribution in [0.5, 0.6) is 0 Å². The third-order valence-corrected chi connectivity index (χ3v) is 4.81. The topological polar surface area (TPSA) is 165 Å². The molecule has 1 aromatic heterocycles. The summed E-state index contributed by atoms with van der Waals surface area (Å²) >= 11 is 0. The molecule has 1 aliphatic heterocycles. The van der Waals surface area contributed by atoms with E-state index in [1.165, 1.54) is 7.11 Å². The van der Waals surface area contributed by atoms with Gasteiger partial charge in [0.1, 0.15) is 11.3 Å². The third kappa shape index (κ3) is 11.3. The zero-order chi connectivity index (χ0) is 26.7. The molecule has 1 aromatic rings. The van der Waals surface area contributed by atoms with Crippen molar-refractivity contribution in [2.24, 2.45) is 4.99 Å². The third-order valence-electron chi connectivity index (χ3n) is 4.81. The number of hydrogen-bond acceptors (Lipinski definition) is 10. The first-order valence-corrected chi connectivity index (χ1v) is 11.3. The van der Waals surface area contributed by atoms with Crippen LogP contribution in [0.4, 0.5) is 4.79 Å². The van der Waals surface area contributed by atoms with Crippen LogP contribution in [0.3, 0.4) is 0 Å². The Hall–Kier alpha value is -3.05. The van der Waals surface area contributed by atoms with Gasteiger partial charge in [0.05, 0.1) is 19.8 Å². The number of aliphatic carboxylic acids is 1. The van der Waals surface area contributed by atoms with Crippen LogP contribution in [0, 0.1) is 6.20 Å². The van der Waals surface area contributed by atoms with Crippen molar-refractivity contribution in [1.82, 2.24) is 25.7 Å². The van der Waals surface area contributed by atoms with E-state index < -0.39 is 17.7 Å². The summed E-state index contributed by atoms with van der Waals surface area (Å²) in [4.78, 5) is 41.2. The number of aromatic nitrogens is 2. The van der Waals surface area contributed by atoms with E-state index in [1.807, 2.05) is 0 Å². The minimum atomic E-state index is -1.08. The molecule has 0 aliphatic carbocycles. The van der Waals surface area contributed by atoms with Crippen molar-refractivity contribution in [2.75, 3.05) is 40.4 Å². The van der Waals surface area contributed by atoms with Gasteiger partial charge >= 0.3 is 33.1 Å². The van der Waals surface area contributed by atoms with E-state index >= 15 is 0 Å². The normalized spacial score (nSPS) is 15.8. The number of methoxy groups -OCH3 is 2. The van der Waals surface area contributed by atoms with Gasteiger partial charge in [-0.2, -0.15) is 5.10 Å². The summed E-state index contributed by atoms with van der Waals surface area (Å²) in [6.07, 6.45) is 5.58. The minimum absolute atomic E-state index is 0. The van der Waals surface area contributed by atoms with Crippen molar-refractivity contribution in [3.05, 3.63) is 35.1 Å². The molecule has 0 radical (unpaired) electrons. The van der Waals surface area contributed by atoms with Gasteiger partial charge in [-0.15, -0.1) is 10.7 Å². The number of nitrogens with one attached hydrogen (secondary N) is 2. The SMILES string of the molecule is COC(=[C-]NCC(=O)O)N=[C-]c1nnc(C(=O)N2CCC(OC)C2)cc1CCNC(=O)OC(C)(C)C.[W+2]. The van der Waals surface area contributed by atoms with Gasteiger partial charge < -0.3 is 46.0 Å². The molecule has 13 nitrogen and oxygen atoms in total. The van der Waals surface area contributed by atoms with Gasteiger partial charge in [-0.25, -0.2) is 4.79 Å². The molecule has 1 fully saturated rings. The van der Waals surface area contributed by atoms with Gasteiger partial charge in [0.25, 0.3) is 5.91 Å². The first-order chi connectivity index (χ1) is 17.0. The largest absolute Gasteiger partial charge is 2.00 e. The number of hydrogen-bond donors (Lipinski definition) is 3. The second-order valence-corrected chi connectivity index (χ2v) is 8.78. The van der Waals surface area contributed by atoms with Crippen LogP contribution >= 0.6 is 0 Å². The number of carboxylic acid groups (broad SMARTS) is 1. The van der Waals surface area contributed by atoms with Gasteiger partial charge in [0.2, 0.25) is 0 Å². The number of carboxylic acids is 1. The zero-order valence-corrected chi connectivity index (χ0v) is 24.4. The maximum absolute atomic E-state index is 12.9. The van der Waals surface area contributed by atoms with E-state index in [0.29, 0.717) is 18.7 Å². The molecule has 1 atom stereocenters. The Labute approximate surface area is 230 Å². The van der Waals surface area contributed by atoms with Gasteiger partial charge in [0.15, 0.2) is 0 Å². The summed E-state index contributed by atoms with van der Waals surface area (Å²) < 4.78 is 15.6. The molecular formula is C23H32N6O7W. The number of rotatable bonds is 11. The predicted octanol–water partition coefficient (Wildman–Crippen LogP) is 0.621. The Kier molecular flexibility index (Phi) is 13.2. The van der Waals surface area contributed by atoms with E-state index in [4.69, 9.17) is 19.3 Å². The molecular weight excluding hydrogens is 656 g/mol. The van der Waals surface area contributed by atoms with E-state index in [9.17, 15) is 14.4 Å². The fraction of sp³-hybridized carbons (Fsp3) is 0.565. The number of alkyl carbamates (subject to hydrolysis) is 1. The monoisotopic (exact) mass is 688 g/mol.